The van der Waals surface area contributed by atoms with Gasteiger partial charge in [-0.2, -0.15) is 0 Å². The van der Waals surface area contributed by atoms with Crippen LogP contribution in [0.4, 0.5) is 51.7 Å². The molecule has 0 spiro atoms. The van der Waals surface area contributed by atoms with E-state index in [1.54, 1.807) is 58.3 Å². The summed E-state index contributed by atoms with van der Waals surface area (Å²) < 4.78 is 64.9. The van der Waals surface area contributed by atoms with Gasteiger partial charge in [0.25, 0.3) is 0 Å². The molecule has 0 aliphatic carbocycles. The lowest BCUT2D eigenvalue weighted by molar-refractivity contribution is 0.619. The summed E-state index contributed by atoms with van der Waals surface area (Å²) in [5, 5.41) is 7.30. The Morgan fingerprint density at radius 2 is 0.629 bits per heavy atom. The van der Waals surface area contributed by atoms with E-state index in [1.165, 1.54) is 24.3 Å². The van der Waals surface area contributed by atoms with Gasteiger partial charge in [0.05, 0.1) is 22.7 Å². The smallest absolute Gasteiger partial charge is 0.147 e. The summed E-state index contributed by atoms with van der Waals surface area (Å²) in [6.07, 6.45) is 0. The standard InChI is InChI=1S/C56H34F4N2/c57-47-19-9-11-21-51(47)61(53-27-25-37(31-49(53)59)35-13-3-1-4-14-35)41-29-39-23-24-40-30-42(34-46-44-18-8-7-17-43(44)45(33-41)55(39)56(40)46)62(52-22-12-10-20-48(52)58)54-28-26-38(32-50(54)60)36-15-5-2-6-16-36/h1-34H. The van der Waals surface area contributed by atoms with Crippen molar-refractivity contribution in [2.75, 3.05) is 9.80 Å². The van der Waals surface area contributed by atoms with Crippen LogP contribution in [0.25, 0.3) is 65.3 Å². The molecule has 0 fully saturated rings. The van der Waals surface area contributed by atoms with E-state index in [2.05, 4.69) is 0 Å². The number of hydrogen-bond acceptors (Lipinski definition) is 2. The molecule has 0 radical (unpaired) electrons. The number of fused-ring (bicyclic) bond motifs is 3. The van der Waals surface area contributed by atoms with Gasteiger partial charge >= 0.3 is 0 Å². The Morgan fingerprint density at radius 3 is 1.03 bits per heavy atom. The van der Waals surface area contributed by atoms with E-state index in [-0.39, 0.29) is 22.7 Å². The maximum Gasteiger partial charge on any atom is 0.147 e. The first-order valence-electron chi connectivity index (χ1n) is 20.3. The van der Waals surface area contributed by atoms with Gasteiger partial charge in [-0.15, -0.1) is 0 Å². The minimum absolute atomic E-state index is 0.203. The van der Waals surface area contributed by atoms with Crippen molar-refractivity contribution in [1.82, 2.24) is 0 Å². The number of halogens is 4. The third-order valence-corrected chi connectivity index (χ3v) is 11.8. The number of benzene rings is 11. The fraction of sp³-hybridized carbons (Fsp3) is 0. The molecule has 0 bridgehead atoms. The highest BCUT2D eigenvalue weighted by atomic mass is 19.1. The summed E-state index contributed by atoms with van der Waals surface area (Å²) in [7, 11) is 0. The summed E-state index contributed by atoms with van der Waals surface area (Å²) in [6, 6.07) is 62.0. The van der Waals surface area contributed by atoms with Gasteiger partial charge in [-0.1, -0.05) is 133 Å². The average molecular weight is 811 g/mol. The molecule has 0 saturated heterocycles. The molecule has 0 atom stereocenters. The van der Waals surface area contributed by atoms with E-state index < -0.39 is 23.3 Å². The summed E-state index contributed by atoms with van der Waals surface area (Å²) in [5.41, 5.74) is 5.14. The number of rotatable bonds is 8. The van der Waals surface area contributed by atoms with Gasteiger partial charge < -0.3 is 9.80 Å². The van der Waals surface area contributed by atoms with Crippen molar-refractivity contribution in [3.05, 3.63) is 230 Å². The van der Waals surface area contributed by atoms with E-state index in [9.17, 15) is 0 Å². The van der Waals surface area contributed by atoms with Crippen LogP contribution < -0.4 is 9.80 Å². The quantitative estimate of drug-likeness (QED) is 0.0857. The average Bonchev–Trinajstić information content (AvgIpc) is 3.31. The molecule has 0 heterocycles. The third-order valence-electron chi connectivity index (χ3n) is 11.8. The van der Waals surface area contributed by atoms with Crippen molar-refractivity contribution in [3.63, 3.8) is 0 Å². The van der Waals surface area contributed by atoms with Crippen LogP contribution in [-0.2, 0) is 0 Å². The fourth-order valence-electron chi connectivity index (χ4n) is 9.01. The first kappa shape index (κ1) is 37.1. The summed E-state index contributed by atoms with van der Waals surface area (Å²) in [4.78, 5) is 3.29. The van der Waals surface area contributed by atoms with Gasteiger partial charge in [-0.25, -0.2) is 17.6 Å². The lowest BCUT2D eigenvalue weighted by Crippen LogP contribution is -2.14. The first-order chi connectivity index (χ1) is 30.4. The van der Waals surface area contributed by atoms with E-state index in [0.29, 0.717) is 22.5 Å². The topological polar surface area (TPSA) is 6.48 Å². The molecule has 11 aromatic rings. The van der Waals surface area contributed by atoms with Gasteiger partial charge in [0.2, 0.25) is 0 Å². The van der Waals surface area contributed by atoms with Crippen LogP contribution in [0, 0.1) is 23.3 Å². The van der Waals surface area contributed by atoms with E-state index in [1.807, 2.05) is 133 Å². The molecular formula is C56H34F4N2. The highest BCUT2D eigenvalue weighted by Crippen LogP contribution is 2.49. The van der Waals surface area contributed by atoms with E-state index >= 15 is 17.6 Å². The molecule has 11 aromatic carbocycles. The molecule has 0 unspecified atom stereocenters. The van der Waals surface area contributed by atoms with Gasteiger partial charge in [0.1, 0.15) is 23.3 Å². The SMILES string of the molecule is Fc1ccccc1N(c1cc2ccc3cc(N(c4ccccc4F)c4ccc(-c5ccccc5)cc4F)cc4c5ccccc5c(c1)c2c34)c1ccc(-c2ccccc2)cc1F. The molecule has 2 nitrogen and oxygen atoms in total. The Balaban J connectivity index is 1.13. The molecule has 62 heavy (non-hydrogen) atoms. The highest BCUT2D eigenvalue weighted by Gasteiger charge is 2.25. The maximum absolute atomic E-state index is 16.5. The second kappa shape index (κ2) is 14.9. The van der Waals surface area contributed by atoms with Crippen molar-refractivity contribution >= 4 is 77.2 Å². The molecular weight excluding hydrogens is 777 g/mol. The van der Waals surface area contributed by atoms with Crippen LogP contribution in [0.1, 0.15) is 0 Å². The molecule has 0 aliphatic rings. The Bertz CT molecular complexity index is 3250. The molecule has 0 aliphatic heterocycles. The van der Waals surface area contributed by atoms with Gasteiger partial charge in [-0.05, 0) is 138 Å². The molecule has 0 aromatic heterocycles. The van der Waals surface area contributed by atoms with Crippen molar-refractivity contribution in [3.8, 4) is 22.3 Å². The number of anilines is 6. The lowest BCUT2D eigenvalue weighted by Gasteiger charge is -2.29. The number of para-hydroxylation sites is 2. The maximum atomic E-state index is 16.5. The van der Waals surface area contributed by atoms with Crippen LogP contribution in [0.3, 0.4) is 0 Å². The Morgan fingerprint density at radius 1 is 0.258 bits per heavy atom. The Labute approximate surface area is 355 Å². The predicted octanol–water partition coefficient (Wildman–Crippen LogP) is 16.6. The minimum atomic E-state index is -0.498. The summed E-state index contributed by atoms with van der Waals surface area (Å²) >= 11 is 0. The third kappa shape index (κ3) is 6.19. The fourth-order valence-corrected chi connectivity index (χ4v) is 9.01. The summed E-state index contributed by atoms with van der Waals surface area (Å²) in [5.74, 6) is -1.98. The molecule has 296 valence electrons. The normalized spacial score (nSPS) is 11.5. The van der Waals surface area contributed by atoms with Crippen molar-refractivity contribution in [1.29, 1.82) is 0 Å². The van der Waals surface area contributed by atoms with Crippen LogP contribution >= 0.6 is 0 Å². The van der Waals surface area contributed by atoms with Crippen LogP contribution in [0.5, 0.6) is 0 Å². The first-order valence-corrected chi connectivity index (χ1v) is 20.3. The van der Waals surface area contributed by atoms with Gasteiger partial charge in [-0.3, -0.25) is 0 Å². The zero-order valence-corrected chi connectivity index (χ0v) is 33.0. The second-order valence-electron chi connectivity index (χ2n) is 15.4. The Hall–Kier alpha value is -7.96. The van der Waals surface area contributed by atoms with Crippen molar-refractivity contribution in [2.24, 2.45) is 0 Å². The van der Waals surface area contributed by atoms with E-state index in [4.69, 9.17) is 0 Å². The number of hydrogen-bond donors (Lipinski definition) is 0. The summed E-state index contributed by atoms with van der Waals surface area (Å²) in [6.45, 7) is 0. The number of nitrogens with zero attached hydrogens (tertiary/aromatic N) is 2. The zero-order chi connectivity index (χ0) is 41.9. The monoisotopic (exact) mass is 810 g/mol. The zero-order valence-electron chi connectivity index (χ0n) is 33.0. The van der Waals surface area contributed by atoms with Crippen LogP contribution in [0.2, 0.25) is 0 Å². The molecule has 0 N–H and O–H groups in total. The van der Waals surface area contributed by atoms with Gasteiger partial charge in [0, 0.05) is 11.4 Å². The largest absolute Gasteiger partial charge is 0.305 e. The predicted molar refractivity (Wildman–Crippen MR) is 248 cm³/mol. The second-order valence-corrected chi connectivity index (χ2v) is 15.4. The molecule has 11 rings (SSSR count). The van der Waals surface area contributed by atoms with E-state index in [0.717, 1.165) is 54.2 Å². The molecule has 0 amide bonds. The molecule has 6 heteroatoms. The van der Waals surface area contributed by atoms with Crippen LogP contribution in [-0.4, -0.2) is 0 Å². The van der Waals surface area contributed by atoms with Crippen molar-refractivity contribution in [2.45, 2.75) is 0 Å². The highest BCUT2D eigenvalue weighted by molar-refractivity contribution is 6.35. The Kier molecular flexibility index (Phi) is 8.94. The minimum Gasteiger partial charge on any atom is -0.305 e. The van der Waals surface area contributed by atoms with Gasteiger partial charge in [0.15, 0.2) is 0 Å². The van der Waals surface area contributed by atoms with Crippen LogP contribution in [0.15, 0.2) is 206 Å². The van der Waals surface area contributed by atoms with Crippen molar-refractivity contribution < 1.29 is 17.6 Å². The lowest BCUT2D eigenvalue weighted by atomic mass is 9.88. The molecule has 0 saturated carbocycles.